The van der Waals surface area contributed by atoms with Gasteiger partial charge in [0.05, 0.1) is 11.8 Å². The van der Waals surface area contributed by atoms with E-state index in [1.54, 1.807) is 33.9 Å². The molecule has 1 aromatic heterocycles. The highest BCUT2D eigenvalue weighted by Gasteiger charge is 2.18. The molecule has 0 aromatic carbocycles. The van der Waals surface area contributed by atoms with Crippen LogP contribution in [0.2, 0.25) is 0 Å². The first-order chi connectivity index (χ1) is 7.28. The van der Waals surface area contributed by atoms with Crippen molar-refractivity contribution in [3.63, 3.8) is 0 Å². The first kappa shape index (κ1) is 12.7. The van der Waals surface area contributed by atoms with Crippen LogP contribution in [-0.2, 0) is 11.2 Å². The molecule has 0 spiro atoms. The maximum Gasteiger partial charge on any atom is 0.419 e. The number of aliphatic hydroxyl groups is 1. The van der Waals surface area contributed by atoms with E-state index < -0.39 is 17.8 Å². The van der Waals surface area contributed by atoms with Crippen LogP contribution in [0.15, 0.2) is 12.5 Å². The molecule has 0 saturated heterocycles. The van der Waals surface area contributed by atoms with Crippen LogP contribution in [0.4, 0.5) is 4.79 Å². The number of imidazole rings is 1. The Morgan fingerprint density at radius 2 is 2.25 bits per heavy atom. The van der Waals surface area contributed by atoms with Gasteiger partial charge in [0.25, 0.3) is 0 Å². The summed E-state index contributed by atoms with van der Waals surface area (Å²) >= 11 is 0. The van der Waals surface area contributed by atoms with Gasteiger partial charge < -0.3 is 9.84 Å². The predicted octanol–water partition coefficient (Wildman–Crippen LogP) is 1.59. The zero-order chi connectivity index (χ0) is 12.3. The van der Waals surface area contributed by atoms with Gasteiger partial charge >= 0.3 is 6.09 Å². The van der Waals surface area contributed by atoms with Crippen LogP contribution in [0.1, 0.15) is 33.4 Å². The minimum absolute atomic E-state index is 0.426. The lowest BCUT2D eigenvalue weighted by Crippen LogP contribution is -2.26. The van der Waals surface area contributed by atoms with Crippen molar-refractivity contribution in [1.29, 1.82) is 0 Å². The predicted molar refractivity (Wildman–Crippen MR) is 59.2 cm³/mol. The lowest BCUT2D eigenvalue weighted by molar-refractivity contribution is 0.0536. The van der Waals surface area contributed by atoms with Gasteiger partial charge in [0.2, 0.25) is 0 Å². The van der Waals surface area contributed by atoms with E-state index in [-0.39, 0.29) is 0 Å². The normalized spacial score (nSPS) is 13.6. The van der Waals surface area contributed by atoms with Crippen molar-refractivity contribution in [2.75, 3.05) is 0 Å². The summed E-state index contributed by atoms with van der Waals surface area (Å²) < 4.78 is 6.44. The number of nitrogens with zero attached hydrogens (tertiary/aromatic N) is 2. The van der Waals surface area contributed by atoms with Gasteiger partial charge in [0, 0.05) is 12.6 Å². The smallest absolute Gasteiger partial charge is 0.419 e. The molecule has 0 bridgehead atoms. The highest BCUT2D eigenvalue weighted by molar-refractivity contribution is 5.70. The molecule has 1 N–H and O–H groups in total. The van der Waals surface area contributed by atoms with Gasteiger partial charge in [-0.3, -0.25) is 0 Å². The second-order valence-electron chi connectivity index (χ2n) is 4.81. The van der Waals surface area contributed by atoms with Gasteiger partial charge in [-0.2, -0.15) is 0 Å². The van der Waals surface area contributed by atoms with Crippen molar-refractivity contribution >= 4 is 6.09 Å². The van der Waals surface area contributed by atoms with Crippen molar-refractivity contribution < 1.29 is 14.6 Å². The summed E-state index contributed by atoms with van der Waals surface area (Å²) in [6.45, 7) is 7.09. The van der Waals surface area contributed by atoms with Gasteiger partial charge in [-0.1, -0.05) is 0 Å². The maximum atomic E-state index is 11.6. The minimum Gasteiger partial charge on any atom is -0.443 e. The number of hydrogen-bond acceptors (Lipinski definition) is 4. The Labute approximate surface area is 95.1 Å². The summed E-state index contributed by atoms with van der Waals surface area (Å²) in [6, 6.07) is 0. The Hall–Kier alpha value is -1.36. The lowest BCUT2D eigenvalue weighted by atomic mass is 10.2. The molecular formula is C11H18N2O3. The first-order valence-electron chi connectivity index (χ1n) is 5.22. The zero-order valence-electron chi connectivity index (χ0n) is 10.1. The summed E-state index contributed by atoms with van der Waals surface area (Å²) in [5, 5.41) is 9.17. The van der Waals surface area contributed by atoms with Crippen LogP contribution in [0.5, 0.6) is 0 Å². The van der Waals surface area contributed by atoms with E-state index in [2.05, 4.69) is 4.98 Å². The van der Waals surface area contributed by atoms with E-state index in [4.69, 9.17) is 4.74 Å². The van der Waals surface area contributed by atoms with Gasteiger partial charge in [0.1, 0.15) is 11.9 Å². The molecule has 0 aliphatic heterocycles. The SMILES string of the molecule is C[C@@H](O)Cc1cn(C(=O)OC(C)(C)C)cn1. The van der Waals surface area contributed by atoms with Crippen molar-refractivity contribution in [2.45, 2.75) is 45.8 Å². The molecule has 0 radical (unpaired) electrons. The second kappa shape index (κ2) is 4.65. The molecule has 1 atom stereocenters. The van der Waals surface area contributed by atoms with Crippen molar-refractivity contribution in [1.82, 2.24) is 9.55 Å². The Bertz CT molecular complexity index is 364. The third-order valence-corrected chi connectivity index (χ3v) is 1.74. The van der Waals surface area contributed by atoms with E-state index in [0.717, 1.165) is 0 Å². The fourth-order valence-corrected chi connectivity index (χ4v) is 1.19. The maximum absolute atomic E-state index is 11.6. The Kier molecular flexibility index (Phi) is 3.70. The highest BCUT2D eigenvalue weighted by atomic mass is 16.6. The van der Waals surface area contributed by atoms with Crippen LogP contribution in [-0.4, -0.2) is 32.5 Å². The third kappa shape index (κ3) is 4.02. The average Bonchev–Trinajstić information content (AvgIpc) is 2.48. The minimum atomic E-state index is -0.522. The van der Waals surface area contributed by atoms with E-state index >= 15 is 0 Å². The molecule has 0 amide bonds. The van der Waals surface area contributed by atoms with E-state index in [1.807, 2.05) is 0 Å². The van der Waals surface area contributed by atoms with Crippen LogP contribution >= 0.6 is 0 Å². The molecular weight excluding hydrogens is 208 g/mol. The number of ether oxygens (including phenoxy) is 1. The third-order valence-electron chi connectivity index (χ3n) is 1.74. The van der Waals surface area contributed by atoms with E-state index in [9.17, 15) is 9.90 Å². The van der Waals surface area contributed by atoms with Gasteiger partial charge in [-0.05, 0) is 27.7 Å². The fraction of sp³-hybridized carbons (Fsp3) is 0.636. The number of rotatable bonds is 2. The largest absolute Gasteiger partial charge is 0.443 e. The quantitative estimate of drug-likeness (QED) is 0.831. The number of aliphatic hydroxyl groups excluding tert-OH is 1. The van der Waals surface area contributed by atoms with Crippen LogP contribution in [0.25, 0.3) is 0 Å². The van der Waals surface area contributed by atoms with Gasteiger partial charge in [0.15, 0.2) is 0 Å². The van der Waals surface area contributed by atoms with E-state index in [0.29, 0.717) is 12.1 Å². The van der Waals surface area contributed by atoms with Crippen molar-refractivity contribution in [3.05, 3.63) is 18.2 Å². The average molecular weight is 226 g/mol. The standard InChI is InChI=1S/C11H18N2O3/c1-8(14)5-9-6-13(7-12-9)10(15)16-11(2,3)4/h6-8,14H,5H2,1-4H3/t8-/m1/s1. The van der Waals surface area contributed by atoms with Crippen LogP contribution < -0.4 is 0 Å². The summed E-state index contributed by atoms with van der Waals surface area (Å²) in [4.78, 5) is 15.6. The molecule has 1 heterocycles. The first-order valence-corrected chi connectivity index (χ1v) is 5.22. The van der Waals surface area contributed by atoms with Gasteiger partial charge in [-0.15, -0.1) is 0 Å². The molecule has 0 aliphatic carbocycles. The number of aromatic nitrogens is 2. The fourth-order valence-electron chi connectivity index (χ4n) is 1.19. The van der Waals surface area contributed by atoms with E-state index in [1.165, 1.54) is 10.9 Å². The molecule has 0 saturated carbocycles. The number of carbonyl (C=O) groups excluding carboxylic acids is 1. The molecule has 0 fully saturated rings. The molecule has 16 heavy (non-hydrogen) atoms. The Morgan fingerprint density at radius 3 is 2.75 bits per heavy atom. The van der Waals surface area contributed by atoms with Crippen molar-refractivity contribution in [3.8, 4) is 0 Å². The lowest BCUT2D eigenvalue weighted by Gasteiger charge is -2.19. The number of carbonyl (C=O) groups is 1. The topological polar surface area (TPSA) is 64.4 Å². The summed E-state index contributed by atoms with van der Waals surface area (Å²) in [5.41, 5.74) is 0.145. The summed E-state index contributed by atoms with van der Waals surface area (Å²) in [7, 11) is 0. The molecule has 1 rings (SSSR count). The monoisotopic (exact) mass is 226 g/mol. The molecule has 0 unspecified atom stereocenters. The van der Waals surface area contributed by atoms with Crippen LogP contribution in [0.3, 0.4) is 0 Å². The molecule has 1 aromatic rings. The zero-order valence-corrected chi connectivity index (χ0v) is 10.1. The van der Waals surface area contributed by atoms with Crippen LogP contribution in [0, 0.1) is 0 Å². The molecule has 5 heteroatoms. The molecule has 0 aliphatic rings. The number of hydrogen-bond donors (Lipinski definition) is 1. The molecule has 5 nitrogen and oxygen atoms in total. The Balaban J connectivity index is 2.67. The Morgan fingerprint density at radius 1 is 1.62 bits per heavy atom. The van der Waals surface area contributed by atoms with Gasteiger partial charge in [-0.25, -0.2) is 14.3 Å². The van der Waals surface area contributed by atoms with Crippen molar-refractivity contribution in [2.24, 2.45) is 0 Å². The summed E-state index contributed by atoms with van der Waals surface area (Å²) in [6.07, 6.45) is 2.46. The summed E-state index contributed by atoms with van der Waals surface area (Å²) in [5.74, 6) is 0. The highest BCUT2D eigenvalue weighted by Crippen LogP contribution is 2.09. The molecule has 90 valence electrons. The second-order valence-corrected chi connectivity index (χ2v) is 4.81.